The maximum atomic E-state index is 13.1. The number of rotatable bonds is 5. The van der Waals surface area contributed by atoms with Gasteiger partial charge in [0.2, 0.25) is 0 Å². The van der Waals surface area contributed by atoms with Gasteiger partial charge in [0.25, 0.3) is 0 Å². The summed E-state index contributed by atoms with van der Waals surface area (Å²) in [6, 6.07) is 0.905. The molecule has 0 fully saturated rings. The normalized spacial score (nSPS) is 11.4. The molecule has 6 nitrogen and oxygen atoms in total. The summed E-state index contributed by atoms with van der Waals surface area (Å²) in [5.74, 6) is -0.791. The van der Waals surface area contributed by atoms with Crippen LogP contribution in [0.5, 0.6) is 5.75 Å². The smallest absolute Gasteiger partial charge is 0.445 e. The van der Waals surface area contributed by atoms with E-state index >= 15 is 0 Å². The molecule has 0 saturated heterocycles. The van der Waals surface area contributed by atoms with E-state index in [1.54, 1.807) is 0 Å². The Morgan fingerprint density at radius 2 is 1.86 bits per heavy atom. The molecular weight excluding hydrogens is 356 g/mol. The van der Waals surface area contributed by atoms with E-state index in [1.165, 1.54) is 0 Å². The Labute approximate surface area is 166 Å². The van der Waals surface area contributed by atoms with Crippen molar-refractivity contribution in [2.24, 2.45) is 5.11 Å². The summed E-state index contributed by atoms with van der Waals surface area (Å²) in [5, 5.41) is 3.11. The van der Waals surface area contributed by atoms with Crippen LogP contribution in [0.1, 0.15) is 16.7 Å². The molecule has 1 aromatic carbocycles. The SMILES string of the molecule is Cc1c(CN=[N+]=[N-])cc(OS(=O)(=O)F)c(C)c1[B-](F)(F)F.[K+]. The first-order valence-electron chi connectivity index (χ1n) is 5.45. The number of nitrogens with zero attached hydrogens (tertiary/aromatic N) is 3. The van der Waals surface area contributed by atoms with E-state index in [-0.39, 0.29) is 62.5 Å². The Bertz CT molecular complexity index is 720. The minimum atomic E-state index is -5.49. The van der Waals surface area contributed by atoms with Crippen molar-refractivity contribution in [3.8, 4) is 5.75 Å². The van der Waals surface area contributed by atoms with Crippen LogP contribution < -0.4 is 61.0 Å². The van der Waals surface area contributed by atoms with Crippen LogP contribution >= 0.6 is 0 Å². The largest absolute Gasteiger partial charge is 1.00 e. The summed E-state index contributed by atoms with van der Waals surface area (Å²) >= 11 is 0. The first-order valence-corrected chi connectivity index (χ1v) is 6.76. The number of azide groups is 1. The van der Waals surface area contributed by atoms with Gasteiger partial charge >= 0.3 is 68.9 Å². The molecule has 116 valence electrons. The number of benzene rings is 1. The second kappa shape index (κ2) is 8.00. The summed E-state index contributed by atoms with van der Waals surface area (Å²) < 4.78 is 76.7. The van der Waals surface area contributed by atoms with Gasteiger partial charge in [0, 0.05) is 4.91 Å². The van der Waals surface area contributed by atoms with Crippen LogP contribution in [-0.4, -0.2) is 15.4 Å². The monoisotopic (exact) mass is 365 g/mol. The minimum absolute atomic E-state index is 0. The zero-order chi connectivity index (χ0) is 16.4. The molecule has 0 N–H and O–H groups in total. The number of halogens is 4. The number of hydrogen-bond acceptors (Lipinski definition) is 4. The molecule has 1 rings (SSSR count). The van der Waals surface area contributed by atoms with Crippen LogP contribution in [0, 0.1) is 13.8 Å². The zero-order valence-corrected chi connectivity index (χ0v) is 15.8. The first-order chi connectivity index (χ1) is 9.47. The van der Waals surface area contributed by atoms with Crippen molar-refractivity contribution in [3.63, 3.8) is 0 Å². The Morgan fingerprint density at radius 1 is 1.32 bits per heavy atom. The van der Waals surface area contributed by atoms with Gasteiger partial charge in [-0.1, -0.05) is 20.0 Å². The molecule has 0 spiro atoms. The summed E-state index contributed by atoms with van der Waals surface area (Å²) in [7, 11) is -5.48. The Hall–Kier alpha value is -0.299. The fraction of sp³-hybridized carbons (Fsp3) is 0.333. The quantitative estimate of drug-likeness (QED) is 0.180. The average Bonchev–Trinajstić information content (AvgIpc) is 2.28. The van der Waals surface area contributed by atoms with Crippen molar-refractivity contribution >= 4 is 22.9 Å². The molecule has 0 heterocycles. The van der Waals surface area contributed by atoms with Crippen molar-refractivity contribution < 1.29 is 80.8 Å². The predicted molar refractivity (Wildman–Crippen MR) is 68.1 cm³/mol. The van der Waals surface area contributed by atoms with Crippen LogP contribution in [0.15, 0.2) is 11.2 Å². The fourth-order valence-electron chi connectivity index (χ4n) is 1.92. The first kappa shape index (κ1) is 21.7. The Kier molecular flexibility index (Phi) is 7.89. The van der Waals surface area contributed by atoms with Crippen LogP contribution in [-0.2, 0) is 17.0 Å². The van der Waals surface area contributed by atoms with Gasteiger partial charge in [-0.3, -0.25) is 0 Å². The maximum absolute atomic E-state index is 13.1. The van der Waals surface area contributed by atoms with Gasteiger partial charge in [-0.15, -0.1) is 0 Å². The van der Waals surface area contributed by atoms with E-state index in [9.17, 15) is 25.3 Å². The van der Waals surface area contributed by atoms with Crippen molar-refractivity contribution in [2.45, 2.75) is 20.4 Å². The average molecular weight is 365 g/mol. The van der Waals surface area contributed by atoms with E-state index in [0.717, 1.165) is 19.9 Å². The standard InChI is InChI=1S/C9H9BF4N3O3S.K/c1-5-7(4-16-17-15)3-8(20-21(14,18)19)6(2)9(5)10(11,12)13;/h3H,4H2,1-2H3;/q-1;+1. The van der Waals surface area contributed by atoms with Crippen LogP contribution in [0.25, 0.3) is 10.4 Å². The van der Waals surface area contributed by atoms with Gasteiger partial charge in [-0.2, -0.15) is 8.42 Å². The molecule has 0 aliphatic rings. The molecule has 0 aliphatic carbocycles. The summed E-state index contributed by atoms with van der Waals surface area (Å²) in [6.07, 6.45) is 0. The number of hydrogen-bond donors (Lipinski definition) is 0. The van der Waals surface area contributed by atoms with Crippen molar-refractivity contribution in [1.82, 2.24) is 0 Å². The van der Waals surface area contributed by atoms with E-state index in [0.29, 0.717) is 0 Å². The summed E-state index contributed by atoms with van der Waals surface area (Å²) in [6.45, 7) is -3.83. The van der Waals surface area contributed by atoms with Crippen molar-refractivity contribution in [1.29, 1.82) is 0 Å². The summed E-state index contributed by atoms with van der Waals surface area (Å²) in [4.78, 5) is 2.41. The van der Waals surface area contributed by atoms with Crippen LogP contribution in [0.3, 0.4) is 0 Å². The van der Waals surface area contributed by atoms with Crippen molar-refractivity contribution in [3.05, 3.63) is 33.2 Å². The molecule has 0 saturated carbocycles. The molecule has 0 atom stereocenters. The molecule has 0 bridgehead atoms. The van der Waals surface area contributed by atoms with Crippen molar-refractivity contribution in [2.75, 3.05) is 0 Å². The van der Waals surface area contributed by atoms with Crippen LogP contribution in [0.4, 0.5) is 16.8 Å². The minimum Gasteiger partial charge on any atom is -0.445 e. The van der Waals surface area contributed by atoms with E-state index in [4.69, 9.17) is 5.53 Å². The molecule has 1 aromatic rings. The molecule has 0 aliphatic heterocycles. The fourth-order valence-corrected chi connectivity index (χ4v) is 2.31. The summed E-state index contributed by atoms with van der Waals surface area (Å²) in [5.41, 5.74) is 6.23. The van der Waals surface area contributed by atoms with Gasteiger partial charge < -0.3 is 17.1 Å². The van der Waals surface area contributed by atoms with Gasteiger partial charge in [-0.25, -0.2) is 0 Å². The Morgan fingerprint density at radius 3 is 2.27 bits per heavy atom. The maximum Gasteiger partial charge on any atom is 1.00 e. The van der Waals surface area contributed by atoms with E-state index in [1.807, 2.05) is 0 Å². The molecule has 0 radical (unpaired) electrons. The van der Waals surface area contributed by atoms with E-state index < -0.39 is 40.8 Å². The zero-order valence-electron chi connectivity index (χ0n) is 11.8. The topological polar surface area (TPSA) is 92.1 Å². The molecular formula is C9H9BF4KN3O3S. The third kappa shape index (κ3) is 5.72. The predicted octanol–water partition coefficient (Wildman–Crippen LogP) is -0.235. The molecule has 22 heavy (non-hydrogen) atoms. The molecule has 0 amide bonds. The second-order valence-electron chi connectivity index (χ2n) is 4.14. The van der Waals surface area contributed by atoms with Gasteiger partial charge in [0.1, 0.15) is 5.75 Å². The third-order valence-electron chi connectivity index (χ3n) is 2.79. The van der Waals surface area contributed by atoms with Gasteiger partial charge in [-0.05, 0) is 36.6 Å². The van der Waals surface area contributed by atoms with E-state index in [2.05, 4.69) is 14.2 Å². The molecule has 0 aromatic heterocycles. The Balaban J connectivity index is 0.00000441. The van der Waals surface area contributed by atoms with Crippen LogP contribution in [0.2, 0.25) is 0 Å². The second-order valence-corrected chi connectivity index (χ2v) is 5.09. The molecule has 0 unspecified atom stereocenters. The molecule has 13 heteroatoms. The van der Waals surface area contributed by atoms with Gasteiger partial charge in [0.15, 0.2) is 0 Å². The third-order valence-corrected chi connectivity index (χ3v) is 3.16. The van der Waals surface area contributed by atoms with Gasteiger partial charge in [0.05, 0.1) is 6.54 Å².